The topological polar surface area (TPSA) is 140 Å². The van der Waals surface area contributed by atoms with Crippen LogP contribution in [0.2, 0.25) is 0 Å². The SMILES string of the molecule is CCOc1cc2cc(c1)C(=O)N(C)CC(=O)N[C@H]1CN(C(=O)Cc3nc4nc(C)cc(C)n4n3)CC[C@H]1OCc1cccc(c1)O2. The van der Waals surface area contributed by atoms with Gasteiger partial charge < -0.3 is 29.3 Å². The zero-order valence-corrected chi connectivity index (χ0v) is 26.4. The second kappa shape index (κ2) is 13.1. The van der Waals surface area contributed by atoms with Crippen LogP contribution in [0.5, 0.6) is 17.2 Å². The fraction of sp³-hybridized carbons (Fsp3) is 0.394. The first-order valence-electron chi connectivity index (χ1n) is 15.3. The van der Waals surface area contributed by atoms with E-state index in [9.17, 15) is 14.4 Å². The first-order valence-corrected chi connectivity index (χ1v) is 15.3. The number of hydrogen-bond donors (Lipinski definition) is 1. The molecule has 0 aliphatic carbocycles. The predicted molar refractivity (Wildman–Crippen MR) is 167 cm³/mol. The quantitative estimate of drug-likeness (QED) is 0.362. The fourth-order valence-corrected chi connectivity index (χ4v) is 5.83. The summed E-state index contributed by atoms with van der Waals surface area (Å²) in [6, 6.07) is 13.9. The molecule has 13 heteroatoms. The van der Waals surface area contributed by atoms with E-state index in [1.165, 1.54) is 4.90 Å². The second-order valence-corrected chi connectivity index (χ2v) is 11.6. The Morgan fingerprint density at radius 3 is 2.76 bits per heavy atom. The van der Waals surface area contributed by atoms with Crippen molar-refractivity contribution >= 4 is 23.5 Å². The number of rotatable bonds is 4. The number of aryl methyl sites for hydroxylation is 2. The molecule has 240 valence electrons. The minimum atomic E-state index is -0.505. The number of piperidine rings is 1. The summed E-state index contributed by atoms with van der Waals surface area (Å²) in [5.74, 6) is 1.44. The van der Waals surface area contributed by atoms with E-state index in [0.717, 1.165) is 17.0 Å². The normalized spacial score (nSPS) is 19.0. The van der Waals surface area contributed by atoms with E-state index in [0.29, 0.717) is 54.0 Å². The summed E-state index contributed by atoms with van der Waals surface area (Å²) < 4.78 is 19.8. The third-order valence-corrected chi connectivity index (χ3v) is 7.98. The van der Waals surface area contributed by atoms with Crippen molar-refractivity contribution in [2.75, 3.05) is 33.3 Å². The van der Waals surface area contributed by atoms with E-state index < -0.39 is 6.04 Å². The van der Waals surface area contributed by atoms with Crippen molar-refractivity contribution in [3.05, 3.63) is 76.9 Å². The van der Waals surface area contributed by atoms with Crippen LogP contribution in [0.4, 0.5) is 0 Å². The number of likely N-dealkylation sites (N-methyl/N-ethyl adjacent to an activating group) is 1. The Morgan fingerprint density at radius 1 is 1.09 bits per heavy atom. The van der Waals surface area contributed by atoms with Gasteiger partial charge >= 0.3 is 0 Å². The van der Waals surface area contributed by atoms with Gasteiger partial charge in [0.1, 0.15) is 17.2 Å². The third kappa shape index (κ3) is 6.94. The van der Waals surface area contributed by atoms with E-state index in [1.54, 1.807) is 34.7 Å². The molecule has 0 radical (unpaired) electrons. The van der Waals surface area contributed by atoms with Gasteiger partial charge in [-0.2, -0.15) is 4.98 Å². The summed E-state index contributed by atoms with van der Waals surface area (Å²) in [6.45, 7) is 6.83. The molecule has 46 heavy (non-hydrogen) atoms. The highest BCUT2D eigenvalue weighted by atomic mass is 16.5. The van der Waals surface area contributed by atoms with E-state index in [-0.39, 0.29) is 49.9 Å². The Morgan fingerprint density at radius 2 is 1.93 bits per heavy atom. The maximum absolute atomic E-state index is 13.4. The maximum Gasteiger partial charge on any atom is 0.254 e. The van der Waals surface area contributed by atoms with Crippen LogP contribution >= 0.6 is 0 Å². The van der Waals surface area contributed by atoms with Crippen LogP contribution in [-0.4, -0.2) is 92.5 Å². The molecule has 2 aromatic carbocycles. The second-order valence-electron chi connectivity index (χ2n) is 11.6. The standard InChI is InChI=1S/C33H37N7O6/c1-5-44-25-13-23-14-26(15-25)46-24-8-6-7-22(12-24)19-45-28-9-10-39(17-27(28)35-30(41)18-38(4)32(23)43)31(42)16-29-36-33-34-20(2)11-21(3)40(33)37-29/h6-8,11-15,27-28H,5,9-10,16-19H2,1-4H3,(H,35,41)/t27-,28+/m0/s1. The fourth-order valence-electron chi connectivity index (χ4n) is 5.83. The van der Waals surface area contributed by atoms with Crippen LogP contribution in [0, 0.1) is 13.8 Å². The molecule has 4 bridgehead atoms. The molecule has 2 aliphatic heterocycles. The lowest BCUT2D eigenvalue weighted by molar-refractivity contribution is -0.136. The Bertz CT molecular complexity index is 1790. The summed E-state index contributed by atoms with van der Waals surface area (Å²) >= 11 is 0. The van der Waals surface area contributed by atoms with Crippen molar-refractivity contribution in [3.8, 4) is 17.2 Å². The van der Waals surface area contributed by atoms with Gasteiger partial charge in [-0.1, -0.05) is 12.1 Å². The number of likely N-dealkylation sites (tertiary alicyclic amines) is 1. The average molecular weight is 628 g/mol. The summed E-state index contributed by atoms with van der Waals surface area (Å²) in [4.78, 5) is 52.1. The van der Waals surface area contributed by atoms with Gasteiger partial charge in [0.05, 0.1) is 38.3 Å². The molecule has 2 aliphatic rings. The van der Waals surface area contributed by atoms with Gasteiger partial charge in [-0.25, -0.2) is 9.50 Å². The van der Waals surface area contributed by atoms with Gasteiger partial charge in [-0.15, -0.1) is 5.10 Å². The first kappa shape index (κ1) is 31.0. The lowest BCUT2D eigenvalue weighted by Gasteiger charge is -2.39. The van der Waals surface area contributed by atoms with Crippen LogP contribution in [0.3, 0.4) is 0 Å². The first-order chi connectivity index (χ1) is 22.1. The van der Waals surface area contributed by atoms with Crippen molar-refractivity contribution in [2.45, 2.75) is 52.4 Å². The monoisotopic (exact) mass is 627 g/mol. The average Bonchev–Trinajstić information content (AvgIpc) is 3.42. The Balaban J connectivity index is 1.22. The zero-order valence-electron chi connectivity index (χ0n) is 26.4. The number of aromatic nitrogens is 4. The Kier molecular flexibility index (Phi) is 8.84. The van der Waals surface area contributed by atoms with Crippen molar-refractivity contribution < 1.29 is 28.6 Å². The molecule has 1 N–H and O–H groups in total. The molecule has 1 fully saturated rings. The maximum atomic E-state index is 13.4. The molecule has 4 aromatic rings. The van der Waals surface area contributed by atoms with E-state index in [1.807, 2.05) is 51.1 Å². The smallest absolute Gasteiger partial charge is 0.254 e. The highest BCUT2D eigenvalue weighted by Crippen LogP contribution is 2.29. The van der Waals surface area contributed by atoms with E-state index in [4.69, 9.17) is 14.2 Å². The molecule has 2 atom stereocenters. The van der Waals surface area contributed by atoms with E-state index in [2.05, 4.69) is 20.4 Å². The van der Waals surface area contributed by atoms with Crippen LogP contribution in [-0.2, 0) is 27.4 Å². The van der Waals surface area contributed by atoms with Gasteiger partial charge in [0.25, 0.3) is 11.7 Å². The van der Waals surface area contributed by atoms with Crippen LogP contribution < -0.4 is 14.8 Å². The molecule has 13 nitrogen and oxygen atoms in total. The molecule has 0 unspecified atom stereocenters. The number of ether oxygens (including phenoxy) is 3. The van der Waals surface area contributed by atoms with Gasteiger partial charge in [0, 0.05) is 43.2 Å². The van der Waals surface area contributed by atoms with Crippen molar-refractivity contribution in [1.29, 1.82) is 0 Å². The highest BCUT2D eigenvalue weighted by molar-refractivity contribution is 5.97. The van der Waals surface area contributed by atoms with Crippen molar-refractivity contribution in [1.82, 2.24) is 34.7 Å². The molecule has 6 rings (SSSR count). The van der Waals surface area contributed by atoms with Gasteiger partial charge in [-0.3, -0.25) is 14.4 Å². The molecule has 1 saturated heterocycles. The Hall–Kier alpha value is -5.04. The Labute approximate surface area is 266 Å². The van der Waals surface area contributed by atoms with Crippen LogP contribution in [0.1, 0.15) is 46.5 Å². The molecular formula is C33H37N7O6. The molecule has 3 amide bonds. The number of amides is 3. The number of carbonyl (C=O) groups is 3. The molecule has 4 heterocycles. The van der Waals surface area contributed by atoms with Gasteiger partial charge in [0.2, 0.25) is 11.8 Å². The minimum Gasteiger partial charge on any atom is -0.494 e. The number of hydrogen-bond acceptors (Lipinski definition) is 9. The summed E-state index contributed by atoms with van der Waals surface area (Å²) in [6.07, 6.45) is 0.141. The molecule has 0 spiro atoms. The largest absolute Gasteiger partial charge is 0.494 e. The lowest BCUT2D eigenvalue weighted by atomic mass is 10.0. The van der Waals surface area contributed by atoms with Crippen molar-refractivity contribution in [3.63, 3.8) is 0 Å². The highest BCUT2D eigenvalue weighted by Gasteiger charge is 2.34. The number of benzene rings is 2. The number of fused-ring (bicyclic) bond motifs is 6. The lowest BCUT2D eigenvalue weighted by Crippen LogP contribution is -2.58. The summed E-state index contributed by atoms with van der Waals surface area (Å²) in [5, 5.41) is 7.51. The predicted octanol–water partition coefficient (Wildman–Crippen LogP) is 2.86. The minimum absolute atomic E-state index is 0.000860. The van der Waals surface area contributed by atoms with Crippen LogP contribution in [0.15, 0.2) is 48.5 Å². The van der Waals surface area contributed by atoms with Gasteiger partial charge in [-0.05, 0) is 63.1 Å². The van der Waals surface area contributed by atoms with Gasteiger partial charge in [0.15, 0.2) is 5.82 Å². The van der Waals surface area contributed by atoms with Crippen molar-refractivity contribution in [2.24, 2.45) is 0 Å². The number of carbonyl (C=O) groups excluding carboxylic acids is 3. The summed E-state index contributed by atoms with van der Waals surface area (Å²) in [5.41, 5.74) is 2.91. The number of nitrogens with zero attached hydrogens (tertiary/aromatic N) is 6. The molecule has 0 saturated carbocycles. The summed E-state index contributed by atoms with van der Waals surface area (Å²) in [7, 11) is 1.56. The zero-order chi connectivity index (χ0) is 32.4. The molecule has 2 aromatic heterocycles. The molecular weight excluding hydrogens is 590 g/mol. The van der Waals surface area contributed by atoms with E-state index >= 15 is 0 Å². The third-order valence-electron chi connectivity index (χ3n) is 7.98. The van der Waals surface area contributed by atoms with Crippen LogP contribution in [0.25, 0.3) is 5.78 Å². The number of nitrogens with one attached hydrogen (secondary N) is 1.